The fourth-order valence-corrected chi connectivity index (χ4v) is 4.78. The molecule has 4 atom stereocenters. The predicted octanol–water partition coefficient (Wildman–Crippen LogP) is 4.72. The Morgan fingerprint density at radius 1 is 0.356 bits per heavy atom. The van der Waals surface area contributed by atoms with Gasteiger partial charge in [0.25, 0.3) is 0 Å². The van der Waals surface area contributed by atoms with Crippen LogP contribution in [0.4, 0.5) is 0 Å². The van der Waals surface area contributed by atoms with Crippen molar-refractivity contribution in [2.45, 2.75) is 145 Å². The van der Waals surface area contributed by atoms with Crippen molar-refractivity contribution in [3.05, 3.63) is 0 Å². The van der Waals surface area contributed by atoms with Crippen molar-refractivity contribution >= 4 is 35.8 Å². The second kappa shape index (κ2) is 18.7. The zero-order chi connectivity index (χ0) is 34.6. The molecule has 1 aliphatic carbocycles. The summed E-state index contributed by atoms with van der Waals surface area (Å²) >= 11 is 0. The van der Waals surface area contributed by atoms with Crippen molar-refractivity contribution < 1.29 is 57.2 Å². The van der Waals surface area contributed by atoms with Crippen LogP contribution in [-0.4, -0.2) is 72.4 Å². The molecule has 0 N–H and O–H groups in total. The lowest BCUT2D eigenvalue weighted by Gasteiger charge is -2.47. The minimum absolute atomic E-state index is 0.0429. The summed E-state index contributed by atoms with van der Waals surface area (Å²) in [5.74, 6) is -5.03. The summed E-state index contributed by atoms with van der Waals surface area (Å²) in [6.07, 6.45) is -9.69. The molecule has 0 radical (unpaired) electrons. The molecule has 45 heavy (non-hydrogen) atoms. The highest BCUT2D eigenvalue weighted by molar-refractivity contribution is 5.74. The van der Waals surface area contributed by atoms with Crippen LogP contribution in [0.25, 0.3) is 0 Å². The Balaban J connectivity index is 3.97. The largest absolute Gasteiger partial charge is 0.454 e. The average molecular weight is 643 g/mol. The first-order valence-electron chi connectivity index (χ1n) is 15.9. The third-order valence-electron chi connectivity index (χ3n) is 6.46. The predicted molar refractivity (Wildman–Crippen MR) is 162 cm³/mol. The van der Waals surface area contributed by atoms with E-state index in [1.54, 1.807) is 69.2 Å². The molecule has 0 bridgehead atoms. The van der Waals surface area contributed by atoms with E-state index in [9.17, 15) is 28.8 Å². The smallest absolute Gasteiger partial charge is 0.306 e. The maximum absolute atomic E-state index is 13.1. The molecule has 258 valence electrons. The number of hydrogen-bond donors (Lipinski definition) is 0. The normalized spacial score (nSPS) is 23.2. The summed E-state index contributed by atoms with van der Waals surface area (Å²) in [6, 6.07) is 0. The van der Waals surface area contributed by atoms with Crippen molar-refractivity contribution in [3.8, 4) is 0 Å². The van der Waals surface area contributed by atoms with Gasteiger partial charge in [-0.1, -0.05) is 69.2 Å². The molecule has 0 spiro atoms. The van der Waals surface area contributed by atoms with Gasteiger partial charge >= 0.3 is 35.8 Å². The van der Waals surface area contributed by atoms with E-state index in [1.807, 2.05) is 0 Å². The molecule has 1 rings (SSSR count). The maximum atomic E-state index is 13.1. The third-order valence-corrected chi connectivity index (χ3v) is 6.46. The van der Waals surface area contributed by atoms with E-state index in [0.29, 0.717) is 0 Å². The van der Waals surface area contributed by atoms with Gasteiger partial charge in [-0.05, 0) is 29.6 Å². The fraction of sp³-hybridized carbons (Fsp3) is 0.818. The van der Waals surface area contributed by atoms with Gasteiger partial charge < -0.3 is 28.4 Å². The molecule has 0 aromatic heterocycles. The zero-order valence-electron chi connectivity index (χ0n) is 28.8. The Morgan fingerprint density at radius 3 is 0.644 bits per heavy atom. The molecule has 12 nitrogen and oxygen atoms in total. The molecule has 1 aliphatic rings. The van der Waals surface area contributed by atoms with Crippen LogP contribution in [0.5, 0.6) is 0 Å². The molecular weight excluding hydrogens is 588 g/mol. The van der Waals surface area contributed by atoms with E-state index in [-0.39, 0.29) is 61.7 Å². The van der Waals surface area contributed by atoms with Gasteiger partial charge in [-0.2, -0.15) is 0 Å². The van der Waals surface area contributed by atoms with Crippen LogP contribution in [0.3, 0.4) is 0 Å². The Labute approximate surface area is 267 Å². The van der Waals surface area contributed by atoms with Gasteiger partial charge in [-0.15, -0.1) is 0 Å². The molecular formula is C33H54O12. The lowest BCUT2D eigenvalue weighted by Crippen LogP contribution is -2.69. The molecule has 1 fully saturated rings. The summed E-state index contributed by atoms with van der Waals surface area (Å²) in [4.78, 5) is 78.0. The van der Waals surface area contributed by atoms with E-state index < -0.39 is 72.4 Å². The lowest BCUT2D eigenvalue weighted by molar-refractivity contribution is -0.262. The van der Waals surface area contributed by atoms with E-state index >= 15 is 0 Å². The number of esters is 6. The molecule has 0 aromatic rings. The third kappa shape index (κ3) is 14.6. The van der Waals surface area contributed by atoms with Crippen LogP contribution in [-0.2, 0) is 57.2 Å². The number of ether oxygens (including phenoxy) is 6. The van der Waals surface area contributed by atoms with Gasteiger partial charge in [0.2, 0.25) is 0 Å². The van der Waals surface area contributed by atoms with E-state index in [2.05, 4.69) is 0 Å². The summed E-state index contributed by atoms with van der Waals surface area (Å²) in [5, 5.41) is 0. The highest BCUT2D eigenvalue weighted by Gasteiger charge is 2.61. The van der Waals surface area contributed by atoms with Crippen molar-refractivity contribution in [3.63, 3.8) is 0 Å². The topological polar surface area (TPSA) is 158 Å². The maximum Gasteiger partial charge on any atom is 0.306 e. The minimum Gasteiger partial charge on any atom is -0.454 e. The van der Waals surface area contributed by atoms with Gasteiger partial charge in [0, 0.05) is 39.0 Å². The Kier molecular flexibility index (Phi) is 16.6. The number of carbonyl (C=O) groups excluding carboxylic acids is 6. The highest BCUT2D eigenvalue weighted by atomic mass is 16.7. The Morgan fingerprint density at radius 2 is 0.511 bits per heavy atom. The number of rotatable bonds is 16. The summed E-state index contributed by atoms with van der Waals surface area (Å²) in [6.45, 7) is 19.1. The van der Waals surface area contributed by atoms with Crippen molar-refractivity contribution in [2.24, 2.45) is 29.6 Å². The molecule has 0 amide bonds. The van der Waals surface area contributed by atoms with Gasteiger partial charge in [0.15, 0.2) is 36.6 Å². The molecule has 0 aliphatic heterocycles. The molecule has 0 aromatic carbocycles. The quantitative estimate of drug-likeness (QED) is 0.169. The first-order valence-corrected chi connectivity index (χ1v) is 15.9. The zero-order valence-corrected chi connectivity index (χ0v) is 28.8. The summed E-state index contributed by atoms with van der Waals surface area (Å²) in [5.41, 5.74) is 0. The van der Waals surface area contributed by atoms with Crippen molar-refractivity contribution in [1.29, 1.82) is 0 Å². The summed E-state index contributed by atoms with van der Waals surface area (Å²) in [7, 11) is 0. The van der Waals surface area contributed by atoms with Gasteiger partial charge in [0.1, 0.15) is 0 Å². The molecule has 12 heteroatoms. The first kappa shape index (κ1) is 39.8. The fourth-order valence-electron chi connectivity index (χ4n) is 4.78. The average Bonchev–Trinajstić information content (AvgIpc) is 2.82. The molecule has 0 unspecified atom stereocenters. The molecule has 0 heterocycles. The second-order valence-electron chi connectivity index (χ2n) is 13.8. The van der Waals surface area contributed by atoms with Crippen LogP contribution in [0.1, 0.15) is 108 Å². The monoisotopic (exact) mass is 642 g/mol. The second-order valence-corrected chi connectivity index (χ2v) is 13.8. The Bertz CT molecular complexity index is 955. The number of carbonyl (C=O) groups is 6. The van der Waals surface area contributed by atoms with Crippen molar-refractivity contribution in [1.82, 2.24) is 0 Å². The van der Waals surface area contributed by atoms with Crippen molar-refractivity contribution in [2.75, 3.05) is 0 Å². The molecule has 0 saturated heterocycles. The highest BCUT2D eigenvalue weighted by Crippen LogP contribution is 2.36. The van der Waals surface area contributed by atoms with Crippen LogP contribution in [0, 0.1) is 29.6 Å². The lowest BCUT2D eigenvalue weighted by atomic mass is 9.83. The van der Waals surface area contributed by atoms with Crippen LogP contribution in [0.15, 0.2) is 0 Å². The van der Waals surface area contributed by atoms with Crippen LogP contribution < -0.4 is 0 Å². The van der Waals surface area contributed by atoms with Crippen LogP contribution in [0.2, 0.25) is 0 Å². The van der Waals surface area contributed by atoms with Gasteiger partial charge in [-0.3, -0.25) is 28.8 Å². The summed E-state index contributed by atoms with van der Waals surface area (Å²) < 4.78 is 34.8. The SMILES string of the molecule is CC(=O)OC1[C@H](OC(=O)CC(C)C)[C@H](OC(=O)CC(C)C)C(OC(=O)CC(C)C)[C@@H](OC(=O)CC(C)C)[C@H]1OC(=O)CC(C)C. The van der Waals surface area contributed by atoms with Gasteiger partial charge in [-0.25, -0.2) is 0 Å². The van der Waals surface area contributed by atoms with E-state index in [4.69, 9.17) is 28.4 Å². The minimum atomic E-state index is -1.58. The van der Waals surface area contributed by atoms with E-state index in [0.717, 1.165) is 6.92 Å². The molecule has 1 saturated carbocycles. The Hall–Kier alpha value is -3.18. The van der Waals surface area contributed by atoms with Crippen LogP contribution >= 0.6 is 0 Å². The first-order chi connectivity index (χ1) is 20.8. The standard InChI is InChI=1S/C33H54O12/c1-17(2)12-23(35)41-29-28(40-22(11)34)30(42-24(36)13-18(3)4)32(44-26(38)15-20(7)8)33(45-27(39)16-21(9)10)31(29)43-25(37)14-19(5)6/h17-21,28-33H,12-16H2,1-11H3/t28?,29-,30-,31-,32-,33?/m0/s1. The van der Waals surface area contributed by atoms with E-state index in [1.165, 1.54) is 0 Å². The van der Waals surface area contributed by atoms with Gasteiger partial charge in [0.05, 0.1) is 0 Å². The number of hydrogen-bond acceptors (Lipinski definition) is 12.